The van der Waals surface area contributed by atoms with Crippen LogP contribution in [0.3, 0.4) is 0 Å². The van der Waals surface area contributed by atoms with Gasteiger partial charge in [-0.2, -0.15) is 5.10 Å². The number of pyridine rings is 1. The Morgan fingerprint density at radius 2 is 2.32 bits per heavy atom. The number of carbonyl (C=O) groups is 1. The number of carboxylic acid groups (broad SMARTS) is 1. The zero-order valence-corrected chi connectivity index (χ0v) is 10.6. The highest BCUT2D eigenvalue weighted by atomic mass is 16.6. The van der Waals surface area contributed by atoms with Crippen molar-refractivity contribution >= 4 is 17.0 Å². The number of carboxylic acids is 1. The second-order valence-electron chi connectivity index (χ2n) is 4.49. The Morgan fingerprint density at radius 1 is 1.58 bits per heavy atom. The fraction of sp³-hybridized carbons (Fsp3) is 0.417. The van der Waals surface area contributed by atoms with Crippen LogP contribution in [0.2, 0.25) is 0 Å². The lowest BCUT2D eigenvalue weighted by Crippen LogP contribution is -2.39. The first-order valence-electron chi connectivity index (χ1n) is 5.88. The number of nitrogens with zero attached hydrogens (tertiary/aromatic N) is 3. The molecule has 3 heterocycles. The zero-order valence-electron chi connectivity index (χ0n) is 10.6. The normalized spacial score (nSPS) is 15.5. The molecule has 100 valence electrons. The van der Waals surface area contributed by atoms with E-state index in [1.54, 1.807) is 18.7 Å². The molecule has 19 heavy (non-hydrogen) atoms. The van der Waals surface area contributed by atoms with Gasteiger partial charge in [0.25, 0.3) is 0 Å². The molecule has 0 spiro atoms. The van der Waals surface area contributed by atoms with Crippen molar-refractivity contribution in [1.29, 1.82) is 0 Å². The highest BCUT2D eigenvalue weighted by molar-refractivity contribution is 5.98. The van der Waals surface area contributed by atoms with Gasteiger partial charge in [0.1, 0.15) is 17.4 Å². The molecule has 7 nitrogen and oxygen atoms in total. The van der Waals surface area contributed by atoms with Crippen LogP contribution in [0.25, 0.3) is 11.0 Å². The van der Waals surface area contributed by atoms with Crippen molar-refractivity contribution in [3.8, 4) is 5.75 Å². The average Bonchev–Trinajstić information content (AvgIpc) is 2.59. The van der Waals surface area contributed by atoms with Crippen molar-refractivity contribution in [3.05, 3.63) is 17.5 Å². The molecule has 0 unspecified atom stereocenters. The minimum atomic E-state index is -1.06. The van der Waals surface area contributed by atoms with E-state index in [2.05, 4.69) is 10.1 Å². The second kappa shape index (κ2) is 4.20. The Balaban J connectivity index is 2.21. The second-order valence-corrected chi connectivity index (χ2v) is 4.49. The van der Waals surface area contributed by atoms with Crippen molar-refractivity contribution in [1.82, 2.24) is 14.8 Å². The summed E-state index contributed by atoms with van der Waals surface area (Å²) < 4.78 is 12.4. The van der Waals surface area contributed by atoms with Crippen LogP contribution >= 0.6 is 0 Å². The summed E-state index contributed by atoms with van der Waals surface area (Å²) in [5, 5.41) is 14.1. The first-order chi connectivity index (χ1) is 9.08. The quantitative estimate of drug-likeness (QED) is 0.879. The number of aromatic nitrogens is 3. The van der Waals surface area contributed by atoms with E-state index in [0.29, 0.717) is 35.7 Å². The van der Waals surface area contributed by atoms with Gasteiger partial charge in [0.05, 0.1) is 24.3 Å². The van der Waals surface area contributed by atoms with Crippen molar-refractivity contribution < 1.29 is 19.4 Å². The number of hydrogen-bond donors (Lipinski definition) is 1. The summed E-state index contributed by atoms with van der Waals surface area (Å²) in [5.74, 6) is -0.732. The minimum absolute atomic E-state index is 0.0514. The smallest absolute Gasteiger partial charge is 0.341 e. The van der Waals surface area contributed by atoms with Gasteiger partial charge in [-0.1, -0.05) is 0 Å². The van der Waals surface area contributed by atoms with Gasteiger partial charge in [-0.3, -0.25) is 4.68 Å². The molecular weight excluding hydrogens is 250 g/mol. The molecule has 1 N–H and O–H groups in total. The lowest BCUT2D eigenvalue weighted by atomic mass is 10.1. The maximum Gasteiger partial charge on any atom is 0.341 e. The number of fused-ring (bicyclic) bond motifs is 1. The number of ether oxygens (including phenoxy) is 2. The van der Waals surface area contributed by atoms with E-state index in [1.165, 1.54) is 6.20 Å². The summed E-state index contributed by atoms with van der Waals surface area (Å²) in [6.45, 7) is 2.75. The van der Waals surface area contributed by atoms with Crippen LogP contribution in [-0.2, 0) is 11.8 Å². The molecule has 0 aliphatic carbocycles. The lowest BCUT2D eigenvalue weighted by Gasteiger charge is -2.27. The Hall–Kier alpha value is -2.15. The molecule has 1 saturated heterocycles. The van der Waals surface area contributed by atoms with E-state index in [4.69, 9.17) is 9.47 Å². The molecular formula is C12H13N3O4. The summed E-state index contributed by atoms with van der Waals surface area (Å²) in [4.78, 5) is 15.4. The maximum atomic E-state index is 11.3. The van der Waals surface area contributed by atoms with E-state index in [1.807, 2.05) is 0 Å². The SMILES string of the molecule is Cc1nn(C)c2ncc(C(=O)O)c(OC3COC3)c12. The summed E-state index contributed by atoms with van der Waals surface area (Å²) in [6, 6.07) is 0. The molecule has 1 aliphatic rings. The lowest BCUT2D eigenvalue weighted by molar-refractivity contribution is -0.0793. The van der Waals surface area contributed by atoms with Crippen molar-refractivity contribution in [2.45, 2.75) is 13.0 Å². The van der Waals surface area contributed by atoms with E-state index >= 15 is 0 Å². The monoisotopic (exact) mass is 263 g/mol. The van der Waals surface area contributed by atoms with Crippen LogP contribution in [0.15, 0.2) is 6.20 Å². The van der Waals surface area contributed by atoms with E-state index < -0.39 is 5.97 Å². The predicted octanol–water partition coefficient (Wildman–Crippen LogP) is 0.753. The van der Waals surface area contributed by atoms with Gasteiger partial charge in [-0.15, -0.1) is 0 Å². The zero-order chi connectivity index (χ0) is 13.6. The van der Waals surface area contributed by atoms with Gasteiger partial charge < -0.3 is 14.6 Å². The molecule has 2 aromatic rings. The molecule has 0 amide bonds. The van der Waals surface area contributed by atoms with Gasteiger partial charge >= 0.3 is 5.97 Å². The van der Waals surface area contributed by atoms with Crippen molar-refractivity contribution in [2.75, 3.05) is 13.2 Å². The molecule has 2 aromatic heterocycles. The molecule has 3 rings (SSSR count). The topological polar surface area (TPSA) is 86.5 Å². The molecule has 1 aliphatic heterocycles. The maximum absolute atomic E-state index is 11.3. The largest absolute Gasteiger partial charge is 0.484 e. The number of hydrogen-bond acceptors (Lipinski definition) is 5. The fourth-order valence-electron chi connectivity index (χ4n) is 2.10. The summed E-state index contributed by atoms with van der Waals surface area (Å²) in [6.07, 6.45) is 1.20. The van der Waals surface area contributed by atoms with E-state index in [9.17, 15) is 9.90 Å². The first kappa shape index (κ1) is 11.9. The third-order valence-electron chi connectivity index (χ3n) is 3.10. The Bertz CT molecular complexity index is 661. The molecule has 0 saturated carbocycles. The summed E-state index contributed by atoms with van der Waals surface area (Å²) in [7, 11) is 1.76. The Morgan fingerprint density at radius 3 is 2.89 bits per heavy atom. The van der Waals surface area contributed by atoms with E-state index in [0.717, 1.165) is 0 Å². The van der Waals surface area contributed by atoms with Gasteiger partial charge in [-0.05, 0) is 6.92 Å². The van der Waals surface area contributed by atoms with Crippen LogP contribution in [0.1, 0.15) is 16.1 Å². The Labute approximate surface area is 108 Å². The van der Waals surface area contributed by atoms with E-state index in [-0.39, 0.29) is 11.7 Å². The van der Waals surface area contributed by atoms with Crippen LogP contribution in [0, 0.1) is 6.92 Å². The van der Waals surface area contributed by atoms with Gasteiger partial charge in [0, 0.05) is 13.2 Å². The third-order valence-corrected chi connectivity index (χ3v) is 3.10. The fourth-order valence-corrected chi connectivity index (χ4v) is 2.10. The van der Waals surface area contributed by atoms with Crippen LogP contribution < -0.4 is 4.74 Å². The predicted molar refractivity (Wildman–Crippen MR) is 65.4 cm³/mol. The Kier molecular flexibility index (Phi) is 2.63. The van der Waals surface area contributed by atoms with Crippen LogP contribution in [-0.4, -0.2) is 45.2 Å². The summed E-state index contributed by atoms with van der Waals surface area (Å²) >= 11 is 0. The van der Waals surface area contributed by atoms with Crippen LogP contribution in [0.4, 0.5) is 0 Å². The molecule has 0 bridgehead atoms. The number of rotatable bonds is 3. The molecule has 0 radical (unpaired) electrons. The standard InChI is InChI=1S/C12H13N3O4/c1-6-9-10(19-7-4-18-5-7)8(12(16)17)3-13-11(9)15(2)14-6/h3,7H,4-5H2,1-2H3,(H,16,17). The minimum Gasteiger partial charge on any atom is -0.484 e. The molecule has 1 fully saturated rings. The molecule has 7 heteroatoms. The van der Waals surface area contributed by atoms with Gasteiger partial charge in [-0.25, -0.2) is 9.78 Å². The average molecular weight is 263 g/mol. The highest BCUT2D eigenvalue weighted by Gasteiger charge is 2.26. The molecule has 0 aromatic carbocycles. The molecule has 0 atom stereocenters. The van der Waals surface area contributed by atoms with Crippen LogP contribution in [0.5, 0.6) is 5.75 Å². The third kappa shape index (κ3) is 1.82. The number of aromatic carboxylic acids is 1. The van der Waals surface area contributed by atoms with Crippen molar-refractivity contribution in [3.63, 3.8) is 0 Å². The first-order valence-corrected chi connectivity index (χ1v) is 5.88. The van der Waals surface area contributed by atoms with Crippen molar-refractivity contribution in [2.24, 2.45) is 7.05 Å². The highest BCUT2D eigenvalue weighted by Crippen LogP contribution is 2.32. The van der Waals surface area contributed by atoms with Gasteiger partial charge in [0.15, 0.2) is 5.65 Å². The van der Waals surface area contributed by atoms with Gasteiger partial charge in [0.2, 0.25) is 0 Å². The summed E-state index contributed by atoms with van der Waals surface area (Å²) in [5.41, 5.74) is 1.36. The number of aryl methyl sites for hydroxylation is 2.